The molecule has 5 nitrogen and oxygen atoms in total. The van der Waals surface area contributed by atoms with Gasteiger partial charge >= 0.3 is 0 Å². The van der Waals surface area contributed by atoms with Gasteiger partial charge in [0.15, 0.2) is 10.0 Å². The van der Waals surface area contributed by atoms with Gasteiger partial charge in [0, 0.05) is 0 Å². The van der Waals surface area contributed by atoms with Gasteiger partial charge in [0.2, 0.25) is 4.80 Å². The van der Waals surface area contributed by atoms with E-state index >= 15 is 0 Å². The highest BCUT2D eigenvalue weighted by molar-refractivity contribution is 7.21. The Labute approximate surface area is 139 Å². The fourth-order valence-electron chi connectivity index (χ4n) is 2.19. The molecule has 0 atom stereocenters. The molecule has 0 radical (unpaired) electrons. The number of ketones is 1. The molecule has 4 rings (SSSR count). The fourth-order valence-corrected chi connectivity index (χ4v) is 3.89. The van der Waals surface area contributed by atoms with Gasteiger partial charge in [-0.15, -0.1) is 11.3 Å². The maximum absolute atomic E-state index is 12.6. The first-order valence-corrected chi connectivity index (χ1v) is 8.46. The van der Waals surface area contributed by atoms with Crippen molar-refractivity contribution in [3.05, 3.63) is 69.4 Å². The molecule has 1 N–H and O–H groups in total. The van der Waals surface area contributed by atoms with Crippen LogP contribution in [-0.2, 0) is 0 Å². The van der Waals surface area contributed by atoms with E-state index < -0.39 is 0 Å². The van der Waals surface area contributed by atoms with Crippen molar-refractivity contribution in [2.45, 2.75) is 0 Å². The highest BCUT2D eigenvalue weighted by Crippen LogP contribution is 2.23. The lowest BCUT2D eigenvalue weighted by Crippen LogP contribution is -2.12. The average molecular weight is 338 g/mol. The number of hydrogen-bond donors (Lipinski definition) is 1. The van der Waals surface area contributed by atoms with Crippen LogP contribution in [0.4, 0.5) is 0 Å². The number of carbonyl (C=O) groups is 1. The first-order chi connectivity index (χ1) is 11.2. The van der Waals surface area contributed by atoms with Gasteiger partial charge in [-0.25, -0.2) is 9.67 Å². The first-order valence-electron chi connectivity index (χ1n) is 6.83. The monoisotopic (exact) mass is 338 g/mol. The number of aromatic nitrogens is 3. The van der Waals surface area contributed by atoms with Crippen LogP contribution in [0.2, 0.25) is 0 Å². The zero-order valence-electron chi connectivity index (χ0n) is 11.8. The Bertz CT molecular complexity index is 1030. The molecule has 0 aliphatic rings. The molecule has 7 heteroatoms. The summed E-state index contributed by atoms with van der Waals surface area (Å²) < 4.78 is 2.43. The molecule has 0 aliphatic carbocycles. The van der Waals surface area contributed by atoms with E-state index in [0.717, 1.165) is 27.2 Å². The van der Waals surface area contributed by atoms with Crippen LogP contribution in [0.5, 0.6) is 0 Å². The van der Waals surface area contributed by atoms with Crippen molar-refractivity contribution in [3.63, 3.8) is 0 Å². The molecule has 0 spiro atoms. The van der Waals surface area contributed by atoms with Gasteiger partial charge in [-0.2, -0.15) is 5.10 Å². The molecule has 2 aromatic carbocycles. The Balaban J connectivity index is 1.76. The van der Waals surface area contributed by atoms with Gasteiger partial charge in [-0.05, 0) is 24.3 Å². The van der Waals surface area contributed by atoms with E-state index in [1.807, 2.05) is 54.6 Å². The molecule has 2 heterocycles. The van der Waals surface area contributed by atoms with Crippen molar-refractivity contribution in [1.82, 2.24) is 14.8 Å². The van der Waals surface area contributed by atoms with E-state index in [9.17, 15) is 4.79 Å². The number of carbonyl (C=O) groups excluding carboxylic acids is 1. The molecule has 0 saturated heterocycles. The lowest BCUT2D eigenvalue weighted by Gasteiger charge is -1.98. The van der Waals surface area contributed by atoms with Gasteiger partial charge in [-0.1, -0.05) is 41.7 Å². The summed E-state index contributed by atoms with van der Waals surface area (Å²) in [5.41, 5.74) is 1.57. The van der Waals surface area contributed by atoms with Crippen molar-refractivity contribution in [1.29, 1.82) is 5.41 Å². The second-order valence-corrected chi connectivity index (χ2v) is 6.78. The van der Waals surface area contributed by atoms with Crippen LogP contribution in [-0.4, -0.2) is 20.5 Å². The van der Waals surface area contributed by atoms with Crippen molar-refractivity contribution < 1.29 is 4.79 Å². The number of nitrogens with one attached hydrogen (secondary N) is 1. The summed E-state index contributed by atoms with van der Waals surface area (Å²) in [4.78, 5) is 17.2. The van der Waals surface area contributed by atoms with Crippen LogP contribution in [0, 0.1) is 5.41 Å². The van der Waals surface area contributed by atoms with Crippen LogP contribution in [0.25, 0.3) is 15.9 Å². The maximum Gasteiger partial charge on any atom is 0.252 e. The van der Waals surface area contributed by atoms with E-state index in [1.165, 1.54) is 16.0 Å². The number of hydrogen-bond acceptors (Lipinski definition) is 6. The minimum absolute atomic E-state index is 0.209. The Hall–Kier alpha value is -2.64. The largest absolute Gasteiger partial charge is 0.283 e. The molecule has 4 aromatic rings. The van der Waals surface area contributed by atoms with Crippen LogP contribution in [0.1, 0.15) is 14.8 Å². The lowest BCUT2D eigenvalue weighted by atomic mass is 10.3. The molecular weight excluding hydrogens is 328 g/mol. The third kappa shape index (κ3) is 2.49. The topological polar surface area (TPSA) is 71.6 Å². The highest BCUT2D eigenvalue weighted by atomic mass is 32.1. The van der Waals surface area contributed by atoms with Crippen molar-refractivity contribution in [2.24, 2.45) is 0 Å². The normalized spacial score (nSPS) is 11.0. The number of benzene rings is 2. The summed E-state index contributed by atoms with van der Waals surface area (Å²) in [5, 5.41) is 13.0. The Morgan fingerprint density at radius 2 is 1.70 bits per heavy atom. The molecule has 2 aromatic heterocycles. The SMILES string of the molecule is N=c1sc(C(=O)c2nc3ccccc3s2)nn1-c1ccccc1. The van der Waals surface area contributed by atoms with Gasteiger partial charge in [0.05, 0.1) is 15.9 Å². The third-order valence-corrected chi connectivity index (χ3v) is 5.12. The van der Waals surface area contributed by atoms with Crippen molar-refractivity contribution >= 4 is 38.7 Å². The average Bonchev–Trinajstić information content (AvgIpc) is 3.18. The van der Waals surface area contributed by atoms with Gasteiger partial charge in [0.25, 0.3) is 5.78 Å². The minimum atomic E-state index is -0.237. The standard InChI is InChI=1S/C16H10N4OS2/c17-16-20(10-6-2-1-3-7-10)19-15(23-16)13(21)14-18-11-8-4-5-9-12(11)22-14/h1-9,17H. The number of fused-ring (bicyclic) bond motifs is 1. The van der Waals surface area contributed by atoms with Crippen LogP contribution in [0.15, 0.2) is 54.6 Å². The van der Waals surface area contributed by atoms with E-state index in [2.05, 4.69) is 10.1 Å². The summed E-state index contributed by atoms with van der Waals surface area (Å²) in [6, 6.07) is 17.0. The van der Waals surface area contributed by atoms with E-state index in [1.54, 1.807) is 0 Å². The highest BCUT2D eigenvalue weighted by Gasteiger charge is 2.19. The molecule has 0 fully saturated rings. The molecular formula is C16H10N4OS2. The number of nitrogens with zero attached hydrogens (tertiary/aromatic N) is 3. The zero-order valence-corrected chi connectivity index (χ0v) is 13.4. The molecule has 23 heavy (non-hydrogen) atoms. The second kappa shape index (κ2) is 5.53. The smallest absolute Gasteiger partial charge is 0.252 e. The van der Waals surface area contributed by atoms with Gasteiger partial charge in [-0.3, -0.25) is 10.2 Å². The molecule has 0 saturated carbocycles. The van der Waals surface area contributed by atoms with E-state index in [-0.39, 0.29) is 15.6 Å². The van der Waals surface area contributed by atoms with E-state index in [0.29, 0.717) is 5.01 Å². The Morgan fingerprint density at radius 1 is 0.957 bits per heavy atom. The fraction of sp³-hybridized carbons (Fsp3) is 0. The molecule has 0 aliphatic heterocycles. The number of para-hydroxylation sites is 2. The zero-order chi connectivity index (χ0) is 15.8. The van der Waals surface area contributed by atoms with Crippen molar-refractivity contribution in [3.8, 4) is 5.69 Å². The lowest BCUT2D eigenvalue weighted by molar-refractivity contribution is 0.103. The number of rotatable bonds is 3. The Kier molecular flexibility index (Phi) is 3.36. The molecule has 0 amide bonds. The van der Waals surface area contributed by atoms with Crippen LogP contribution in [0.3, 0.4) is 0 Å². The first kappa shape index (κ1) is 14.0. The van der Waals surface area contributed by atoms with Crippen LogP contribution >= 0.6 is 22.7 Å². The summed E-state index contributed by atoms with van der Waals surface area (Å²) in [7, 11) is 0. The number of thiazole rings is 1. The predicted octanol–water partition coefficient (Wildman–Crippen LogP) is 3.25. The molecule has 112 valence electrons. The Morgan fingerprint density at radius 3 is 2.48 bits per heavy atom. The van der Waals surface area contributed by atoms with Crippen LogP contribution < -0.4 is 4.80 Å². The quantitative estimate of drug-likeness (QED) is 0.583. The second-order valence-electron chi connectivity index (χ2n) is 4.78. The molecule has 0 unspecified atom stereocenters. The molecule has 0 bridgehead atoms. The predicted molar refractivity (Wildman–Crippen MR) is 90.3 cm³/mol. The summed E-state index contributed by atoms with van der Waals surface area (Å²) in [6.45, 7) is 0. The summed E-state index contributed by atoms with van der Waals surface area (Å²) in [5.74, 6) is -0.237. The van der Waals surface area contributed by atoms with Crippen molar-refractivity contribution in [2.75, 3.05) is 0 Å². The van der Waals surface area contributed by atoms with Gasteiger partial charge < -0.3 is 0 Å². The summed E-state index contributed by atoms with van der Waals surface area (Å²) >= 11 is 2.40. The minimum Gasteiger partial charge on any atom is -0.283 e. The third-order valence-electron chi connectivity index (χ3n) is 3.26. The van der Waals surface area contributed by atoms with E-state index in [4.69, 9.17) is 5.41 Å². The van der Waals surface area contributed by atoms with Gasteiger partial charge in [0.1, 0.15) is 0 Å². The maximum atomic E-state index is 12.6. The summed E-state index contributed by atoms with van der Waals surface area (Å²) in [6.07, 6.45) is 0.